The Balaban J connectivity index is 2.11. The van der Waals surface area contributed by atoms with Crippen LogP contribution in [0, 0.1) is 11.3 Å². The van der Waals surface area contributed by atoms with E-state index in [4.69, 9.17) is 5.26 Å². The van der Waals surface area contributed by atoms with E-state index >= 15 is 0 Å². The maximum atomic E-state index is 9.85. The van der Waals surface area contributed by atoms with E-state index in [9.17, 15) is 5.11 Å². The van der Waals surface area contributed by atoms with Crippen LogP contribution in [0.1, 0.15) is 31.2 Å². The quantitative estimate of drug-likeness (QED) is 0.797. The van der Waals surface area contributed by atoms with Gasteiger partial charge in [0.05, 0.1) is 23.4 Å². The molecule has 0 aliphatic heterocycles. The van der Waals surface area contributed by atoms with Gasteiger partial charge in [0.2, 0.25) is 0 Å². The molecule has 0 aromatic heterocycles. The standard InChI is InChI=1S/C13H16N2O/c14-9-10-5-1-2-6-11(10)15-12-7-3-4-8-13(12)16/h1-2,5-6,12-13,15-16H,3-4,7-8H2/t12-,13-/m1/s1. The Morgan fingerprint density at radius 1 is 1.25 bits per heavy atom. The van der Waals surface area contributed by atoms with E-state index in [1.807, 2.05) is 18.2 Å². The van der Waals surface area contributed by atoms with E-state index in [0.29, 0.717) is 5.56 Å². The molecule has 0 unspecified atom stereocenters. The maximum Gasteiger partial charge on any atom is 0.101 e. The summed E-state index contributed by atoms with van der Waals surface area (Å²) in [5.41, 5.74) is 1.47. The molecule has 84 valence electrons. The Morgan fingerprint density at radius 3 is 2.75 bits per heavy atom. The van der Waals surface area contributed by atoms with Crippen molar-refractivity contribution in [2.24, 2.45) is 0 Å². The van der Waals surface area contributed by atoms with Gasteiger partial charge in [-0.3, -0.25) is 0 Å². The molecule has 0 amide bonds. The number of para-hydroxylation sites is 1. The number of aliphatic hydroxyl groups is 1. The molecule has 1 aliphatic rings. The fourth-order valence-electron chi connectivity index (χ4n) is 2.19. The van der Waals surface area contributed by atoms with Crippen LogP contribution in [0.3, 0.4) is 0 Å². The van der Waals surface area contributed by atoms with Crippen LogP contribution in [0.25, 0.3) is 0 Å². The predicted octanol–water partition coefficient (Wildman–Crippen LogP) is 2.27. The lowest BCUT2D eigenvalue weighted by Crippen LogP contribution is -2.36. The maximum absolute atomic E-state index is 9.85. The van der Waals surface area contributed by atoms with Gasteiger partial charge in [-0.05, 0) is 25.0 Å². The van der Waals surface area contributed by atoms with Crippen LogP contribution in [0.15, 0.2) is 24.3 Å². The van der Waals surface area contributed by atoms with Crippen molar-refractivity contribution >= 4 is 5.69 Å². The summed E-state index contributed by atoms with van der Waals surface area (Å²) >= 11 is 0. The third kappa shape index (κ3) is 2.34. The molecular weight excluding hydrogens is 200 g/mol. The van der Waals surface area contributed by atoms with E-state index in [1.54, 1.807) is 6.07 Å². The Hall–Kier alpha value is -1.53. The Morgan fingerprint density at radius 2 is 2.00 bits per heavy atom. The Bertz CT molecular complexity index is 397. The van der Waals surface area contributed by atoms with Crippen LogP contribution in [-0.2, 0) is 0 Å². The van der Waals surface area contributed by atoms with Gasteiger partial charge in [-0.25, -0.2) is 0 Å². The normalized spacial score (nSPS) is 24.8. The van der Waals surface area contributed by atoms with Crippen molar-refractivity contribution in [3.05, 3.63) is 29.8 Å². The highest BCUT2D eigenvalue weighted by Crippen LogP contribution is 2.23. The third-order valence-corrected chi connectivity index (χ3v) is 3.12. The second kappa shape index (κ2) is 5.00. The second-order valence-electron chi connectivity index (χ2n) is 4.26. The number of hydrogen-bond donors (Lipinski definition) is 2. The van der Waals surface area contributed by atoms with Gasteiger partial charge in [0, 0.05) is 0 Å². The highest BCUT2D eigenvalue weighted by Gasteiger charge is 2.23. The number of benzene rings is 1. The van der Waals surface area contributed by atoms with Crippen molar-refractivity contribution in [1.29, 1.82) is 5.26 Å². The summed E-state index contributed by atoms with van der Waals surface area (Å²) in [4.78, 5) is 0. The van der Waals surface area contributed by atoms with Crippen LogP contribution < -0.4 is 5.32 Å². The molecule has 2 rings (SSSR count). The molecule has 2 N–H and O–H groups in total. The number of nitrogens with zero attached hydrogens (tertiary/aromatic N) is 1. The lowest BCUT2D eigenvalue weighted by molar-refractivity contribution is 0.116. The van der Waals surface area contributed by atoms with Crippen LogP contribution in [-0.4, -0.2) is 17.3 Å². The lowest BCUT2D eigenvalue weighted by Gasteiger charge is -2.29. The van der Waals surface area contributed by atoms with E-state index in [-0.39, 0.29) is 12.1 Å². The minimum absolute atomic E-state index is 0.0863. The van der Waals surface area contributed by atoms with Gasteiger partial charge in [0.15, 0.2) is 0 Å². The number of rotatable bonds is 2. The largest absolute Gasteiger partial charge is 0.391 e. The fourth-order valence-corrected chi connectivity index (χ4v) is 2.19. The van der Waals surface area contributed by atoms with Crippen molar-refractivity contribution in [3.8, 4) is 6.07 Å². The van der Waals surface area contributed by atoms with E-state index < -0.39 is 0 Å². The van der Waals surface area contributed by atoms with E-state index in [2.05, 4.69) is 11.4 Å². The summed E-state index contributed by atoms with van der Waals surface area (Å²) in [5.74, 6) is 0. The van der Waals surface area contributed by atoms with Gasteiger partial charge in [-0.1, -0.05) is 25.0 Å². The summed E-state index contributed by atoms with van der Waals surface area (Å²) in [7, 11) is 0. The third-order valence-electron chi connectivity index (χ3n) is 3.12. The molecular formula is C13H16N2O. The molecule has 2 atom stereocenters. The smallest absolute Gasteiger partial charge is 0.101 e. The SMILES string of the molecule is N#Cc1ccccc1N[C@@H]1CCCC[C@H]1O. The number of aliphatic hydroxyl groups excluding tert-OH is 1. The van der Waals surface area contributed by atoms with Gasteiger partial charge in [-0.2, -0.15) is 5.26 Å². The number of nitrogens with one attached hydrogen (secondary N) is 1. The second-order valence-corrected chi connectivity index (χ2v) is 4.26. The molecule has 1 aromatic rings. The molecule has 0 radical (unpaired) electrons. The first kappa shape index (κ1) is 11.0. The number of anilines is 1. The first-order valence-electron chi connectivity index (χ1n) is 5.75. The van der Waals surface area contributed by atoms with Gasteiger partial charge >= 0.3 is 0 Å². The highest BCUT2D eigenvalue weighted by molar-refractivity contribution is 5.57. The molecule has 0 saturated heterocycles. The topological polar surface area (TPSA) is 56.0 Å². The molecule has 0 spiro atoms. The van der Waals surface area contributed by atoms with Crippen LogP contribution >= 0.6 is 0 Å². The summed E-state index contributed by atoms with van der Waals surface area (Å²) < 4.78 is 0. The molecule has 1 aliphatic carbocycles. The van der Waals surface area contributed by atoms with Crippen LogP contribution in [0.2, 0.25) is 0 Å². The van der Waals surface area contributed by atoms with E-state index in [1.165, 1.54) is 0 Å². The zero-order valence-electron chi connectivity index (χ0n) is 9.19. The van der Waals surface area contributed by atoms with Crippen molar-refractivity contribution in [3.63, 3.8) is 0 Å². The lowest BCUT2D eigenvalue weighted by atomic mass is 9.92. The van der Waals surface area contributed by atoms with Crippen molar-refractivity contribution in [1.82, 2.24) is 0 Å². The van der Waals surface area contributed by atoms with Gasteiger partial charge in [0.1, 0.15) is 6.07 Å². The average Bonchev–Trinajstić information content (AvgIpc) is 2.33. The first-order valence-corrected chi connectivity index (χ1v) is 5.75. The monoisotopic (exact) mass is 216 g/mol. The van der Waals surface area contributed by atoms with Crippen LogP contribution in [0.4, 0.5) is 5.69 Å². The highest BCUT2D eigenvalue weighted by atomic mass is 16.3. The molecule has 3 heteroatoms. The summed E-state index contributed by atoms with van der Waals surface area (Å²) in [6, 6.07) is 9.67. The summed E-state index contributed by atoms with van der Waals surface area (Å²) in [5, 5.41) is 22.1. The van der Waals surface area contributed by atoms with Crippen LogP contribution in [0.5, 0.6) is 0 Å². The minimum atomic E-state index is -0.291. The number of nitriles is 1. The minimum Gasteiger partial charge on any atom is -0.391 e. The fraction of sp³-hybridized carbons (Fsp3) is 0.462. The first-order chi connectivity index (χ1) is 7.81. The van der Waals surface area contributed by atoms with Gasteiger partial charge in [0.25, 0.3) is 0 Å². The molecule has 1 aromatic carbocycles. The Labute approximate surface area is 95.7 Å². The van der Waals surface area contributed by atoms with Crippen molar-refractivity contribution < 1.29 is 5.11 Å². The van der Waals surface area contributed by atoms with Gasteiger partial charge < -0.3 is 10.4 Å². The van der Waals surface area contributed by atoms with Gasteiger partial charge in [-0.15, -0.1) is 0 Å². The van der Waals surface area contributed by atoms with Crippen molar-refractivity contribution in [2.75, 3.05) is 5.32 Å². The zero-order chi connectivity index (χ0) is 11.4. The zero-order valence-corrected chi connectivity index (χ0v) is 9.19. The molecule has 0 heterocycles. The molecule has 3 nitrogen and oxygen atoms in total. The molecule has 1 saturated carbocycles. The number of hydrogen-bond acceptors (Lipinski definition) is 3. The molecule has 0 bridgehead atoms. The average molecular weight is 216 g/mol. The Kier molecular flexibility index (Phi) is 3.43. The van der Waals surface area contributed by atoms with E-state index in [0.717, 1.165) is 31.4 Å². The predicted molar refractivity (Wildman–Crippen MR) is 63.0 cm³/mol. The van der Waals surface area contributed by atoms with Crippen molar-refractivity contribution in [2.45, 2.75) is 37.8 Å². The molecule has 16 heavy (non-hydrogen) atoms. The summed E-state index contributed by atoms with van der Waals surface area (Å²) in [6.45, 7) is 0. The molecule has 1 fully saturated rings. The summed E-state index contributed by atoms with van der Waals surface area (Å²) in [6.07, 6.45) is 3.77.